The third kappa shape index (κ3) is 5.03. The molecule has 2 rings (SSSR count). The summed E-state index contributed by atoms with van der Waals surface area (Å²) in [7, 11) is 1.46. The zero-order chi connectivity index (χ0) is 18.2. The van der Waals surface area contributed by atoms with Gasteiger partial charge >= 0.3 is 0 Å². The molecule has 0 saturated heterocycles. The van der Waals surface area contributed by atoms with Crippen LogP contribution in [0.25, 0.3) is 0 Å². The van der Waals surface area contributed by atoms with E-state index in [1.54, 1.807) is 6.07 Å². The van der Waals surface area contributed by atoms with Crippen LogP contribution in [0.1, 0.15) is 35.3 Å². The van der Waals surface area contributed by atoms with E-state index in [-0.39, 0.29) is 5.56 Å². The Balaban J connectivity index is 2.07. The normalized spacial score (nSPS) is 10.8. The highest BCUT2D eigenvalue weighted by atomic mass is 19.1. The molecule has 0 unspecified atom stereocenters. The van der Waals surface area contributed by atoms with Crippen LogP contribution in [0.4, 0.5) is 4.39 Å². The molecule has 25 heavy (non-hydrogen) atoms. The van der Waals surface area contributed by atoms with Gasteiger partial charge in [0.1, 0.15) is 18.1 Å². The molecule has 0 fully saturated rings. The molecule has 0 radical (unpaired) electrons. The number of halogens is 1. The maximum atomic E-state index is 14.0. The van der Waals surface area contributed by atoms with Crippen molar-refractivity contribution in [1.82, 2.24) is 5.32 Å². The summed E-state index contributed by atoms with van der Waals surface area (Å²) in [6.07, 6.45) is 0. The molecule has 0 heterocycles. The third-order valence-corrected chi connectivity index (χ3v) is 4.42. The van der Waals surface area contributed by atoms with Crippen LogP contribution in [0.5, 0.6) is 5.75 Å². The number of benzene rings is 2. The average molecular weight is 345 g/mol. The average Bonchev–Trinajstić information content (AvgIpc) is 2.64. The van der Waals surface area contributed by atoms with Gasteiger partial charge in [-0.25, -0.2) is 4.39 Å². The van der Waals surface area contributed by atoms with Gasteiger partial charge in [0.25, 0.3) is 5.91 Å². The molecule has 134 valence electrons. The fourth-order valence-corrected chi connectivity index (χ4v) is 2.75. The van der Waals surface area contributed by atoms with Gasteiger partial charge in [-0.2, -0.15) is 0 Å². The fraction of sp³-hybridized carbons (Fsp3) is 0.350. The predicted octanol–water partition coefficient (Wildman–Crippen LogP) is 2.19. The number of hydrogen-bond donors (Lipinski definition) is 2. The summed E-state index contributed by atoms with van der Waals surface area (Å²) in [5.74, 6) is -0.621. The maximum absolute atomic E-state index is 14.0. The van der Waals surface area contributed by atoms with Crippen molar-refractivity contribution in [2.45, 2.75) is 26.9 Å². The number of amides is 1. The van der Waals surface area contributed by atoms with Gasteiger partial charge in [-0.15, -0.1) is 0 Å². The quantitative estimate of drug-likeness (QED) is 0.770. The zero-order valence-electron chi connectivity index (χ0n) is 15.1. The van der Waals surface area contributed by atoms with Gasteiger partial charge in [0.2, 0.25) is 0 Å². The molecular formula is C20H26FN2O2+. The first kappa shape index (κ1) is 18.9. The highest BCUT2D eigenvalue weighted by Crippen LogP contribution is 2.16. The van der Waals surface area contributed by atoms with E-state index in [0.29, 0.717) is 12.3 Å². The lowest BCUT2D eigenvalue weighted by Crippen LogP contribution is -3.10. The molecule has 0 aliphatic rings. The number of rotatable bonds is 8. The largest absolute Gasteiger partial charge is 0.497 e. The van der Waals surface area contributed by atoms with Crippen molar-refractivity contribution in [1.29, 1.82) is 0 Å². The minimum absolute atomic E-state index is 0.0210. The Hall–Kier alpha value is -2.40. The van der Waals surface area contributed by atoms with E-state index in [1.165, 1.54) is 29.7 Å². The Morgan fingerprint density at radius 3 is 2.40 bits per heavy atom. The molecule has 0 bridgehead atoms. The number of hydrogen-bond acceptors (Lipinski definition) is 2. The molecule has 0 atom stereocenters. The lowest BCUT2D eigenvalue weighted by Gasteiger charge is -2.18. The Bertz CT molecular complexity index is 715. The van der Waals surface area contributed by atoms with E-state index in [4.69, 9.17) is 4.74 Å². The predicted molar refractivity (Wildman–Crippen MR) is 96.3 cm³/mol. The zero-order valence-corrected chi connectivity index (χ0v) is 15.1. The van der Waals surface area contributed by atoms with Crippen LogP contribution in [-0.2, 0) is 13.1 Å². The monoisotopic (exact) mass is 345 g/mol. The molecule has 5 heteroatoms. The molecule has 2 aromatic carbocycles. The van der Waals surface area contributed by atoms with Crippen LogP contribution in [-0.4, -0.2) is 26.1 Å². The van der Waals surface area contributed by atoms with Crippen LogP contribution in [0.2, 0.25) is 0 Å². The van der Waals surface area contributed by atoms with E-state index < -0.39 is 11.7 Å². The summed E-state index contributed by atoms with van der Waals surface area (Å²) in [5.41, 5.74) is 2.29. The van der Waals surface area contributed by atoms with Gasteiger partial charge in [-0.05, 0) is 31.5 Å². The Morgan fingerprint density at radius 1 is 1.12 bits per heavy atom. The molecule has 1 amide bonds. The van der Waals surface area contributed by atoms with Crippen molar-refractivity contribution < 1.29 is 18.8 Å². The highest BCUT2D eigenvalue weighted by molar-refractivity contribution is 5.94. The minimum atomic E-state index is -0.585. The van der Waals surface area contributed by atoms with Crippen molar-refractivity contribution in [2.24, 2.45) is 0 Å². The first-order valence-electron chi connectivity index (χ1n) is 8.61. The van der Waals surface area contributed by atoms with Crippen molar-refractivity contribution >= 4 is 5.91 Å². The molecular weight excluding hydrogens is 319 g/mol. The third-order valence-electron chi connectivity index (χ3n) is 4.42. The van der Waals surface area contributed by atoms with Crippen molar-refractivity contribution in [3.63, 3.8) is 0 Å². The second-order valence-electron chi connectivity index (χ2n) is 5.93. The summed E-state index contributed by atoms with van der Waals surface area (Å²) in [6.45, 7) is 7.71. The molecule has 4 nitrogen and oxygen atoms in total. The molecule has 0 saturated carbocycles. The summed E-state index contributed by atoms with van der Waals surface area (Å²) in [4.78, 5) is 13.8. The molecule has 2 aromatic rings. The van der Waals surface area contributed by atoms with Crippen molar-refractivity contribution in [3.05, 3.63) is 65.0 Å². The highest BCUT2D eigenvalue weighted by Gasteiger charge is 2.14. The molecule has 0 aliphatic carbocycles. The van der Waals surface area contributed by atoms with Crippen molar-refractivity contribution in [2.75, 3.05) is 20.2 Å². The maximum Gasteiger partial charge on any atom is 0.254 e. The lowest BCUT2D eigenvalue weighted by atomic mass is 10.1. The van der Waals surface area contributed by atoms with Crippen LogP contribution >= 0.6 is 0 Å². The van der Waals surface area contributed by atoms with E-state index >= 15 is 0 Å². The smallest absolute Gasteiger partial charge is 0.254 e. The second-order valence-corrected chi connectivity index (χ2v) is 5.93. The Labute approximate surface area is 148 Å². The lowest BCUT2D eigenvalue weighted by molar-refractivity contribution is -0.910. The number of ether oxygens (including phenoxy) is 1. The first-order valence-corrected chi connectivity index (χ1v) is 8.61. The number of quaternary nitrogens is 1. The summed E-state index contributed by atoms with van der Waals surface area (Å²) in [6, 6.07) is 12.3. The van der Waals surface area contributed by atoms with Gasteiger partial charge in [0, 0.05) is 18.2 Å². The fourth-order valence-electron chi connectivity index (χ4n) is 2.75. The van der Waals surface area contributed by atoms with Gasteiger partial charge < -0.3 is 15.0 Å². The molecule has 2 N–H and O–H groups in total. The van der Waals surface area contributed by atoms with Crippen LogP contribution < -0.4 is 15.0 Å². The Kier molecular flexibility index (Phi) is 6.95. The summed E-state index contributed by atoms with van der Waals surface area (Å²) >= 11 is 0. The van der Waals surface area contributed by atoms with Gasteiger partial charge in [0.15, 0.2) is 0 Å². The topological polar surface area (TPSA) is 42.8 Å². The van der Waals surface area contributed by atoms with E-state index in [0.717, 1.165) is 25.2 Å². The van der Waals surface area contributed by atoms with Gasteiger partial charge in [-0.1, -0.05) is 24.3 Å². The summed E-state index contributed by atoms with van der Waals surface area (Å²) in [5, 5.41) is 2.81. The number of methoxy groups -OCH3 is 1. The second kappa shape index (κ2) is 9.18. The van der Waals surface area contributed by atoms with E-state index in [9.17, 15) is 9.18 Å². The van der Waals surface area contributed by atoms with E-state index in [2.05, 4.69) is 25.2 Å². The van der Waals surface area contributed by atoms with Gasteiger partial charge in [0.05, 0.1) is 25.8 Å². The standard InChI is InChI=1S/C20H25FN2O2/c1-4-23(5-2)14-16-9-7-6-8-15(16)13-22-20(24)18-11-10-17(25-3)12-19(18)21/h6-12H,4-5,13-14H2,1-3H3,(H,22,24)/p+1. The first-order chi connectivity index (χ1) is 12.1. The minimum Gasteiger partial charge on any atom is -0.497 e. The van der Waals surface area contributed by atoms with Crippen molar-refractivity contribution in [3.8, 4) is 5.75 Å². The number of carbonyl (C=O) groups is 1. The molecule has 0 aliphatic heterocycles. The summed E-state index contributed by atoms with van der Waals surface area (Å²) < 4.78 is 19.0. The number of nitrogens with one attached hydrogen (secondary N) is 2. The van der Waals surface area contributed by atoms with Crippen LogP contribution in [0.15, 0.2) is 42.5 Å². The van der Waals surface area contributed by atoms with Crippen LogP contribution in [0.3, 0.4) is 0 Å². The number of carbonyl (C=O) groups excluding carboxylic acids is 1. The van der Waals surface area contributed by atoms with E-state index in [1.807, 2.05) is 18.2 Å². The Morgan fingerprint density at radius 2 is 1.80 bits per heavy atom. The molecule has 0 aromatic heterocycles. The van der Waals surface area contributed by atoms with Crippen LogP contribution in [0, 0.1) is 5.82 Å². The molecule has 0 spiro atoms. The SMILES string of the molecule is CC[NH+](CC)Cc1ccccc1CNC(=O)c1ccc(OC)cc1F. The van der Waals surface area contributed by atoms with Gasteiger partial charge in [-0.3, -0.25) is 4.79 Å².